The third kappa shape index (κ3) is 2.48. The lowest BCUT2D eigenvalue weighted by Gasteiger charge is -2.48. The summed E-state index contributed by atoms with van der Waals surface area (Å²) in [6.07, 6.45) is 1.13. The van der Waals surface area contributed by atoms with Crippen LogP contribution in [0.4, 0.5) is 0 Å². The van der Waals surface area contributed by atoms with E-state index >= 15 is 0 Å². The number of alkyl halides is 1. The molecule has 0 spiro atoms. The van der Waals surface area contributed by atoms with Crippen molar-refractivity contribution in [3.63, 3.8) is 0 Å². The Labute approximate surface area is 91.3 Å². The maximum absolute atomic E-state index is 6.76. The van der Waals surface area contributed by atoms with Gasteiger partial charge in [0.05, 0.1) is 5.00 Å². The summed E-state index contributed by atoms with van der Waals surface area (Å²) >= 11 is 6.76. The van der Waals surface area contributed by atoms with Crippen molar-refractivity contribution in [2.75, 3.05) is 14.1 Å². The van der Waals surface area contributed by atoms with Gasteiger partial charge in [0.15, 0.2) is 0 Å². The fourth-order valence-corrected chi connectivity index (χ4v) is 3.22. The van der Waals surface area contributed by atoms with Crippen LogP contribution < -0.4 is 0 Å². The second-order valence-corrected chi connectivity index (χ2v) is 8.20. The van der Waals surface area contributed by atoms with E-state index in [1.54, 1.807) is 0 Å². The lowest BCUT2D eigenvalue weighted by Crippen LogP contribution is -2.51. The van der Waals surface area contributed by atoms with Crippen LogP contribution in [0.1, 0.15) is 34.1 Å². The van der Waals surface area contributed by atoms with Crippen LogP contribution in [-0.4, -0.2) is 34.2 Å². The third-order valence-corrected chi connectivity index (χ3v) is 5.32. The van der Waals surface area contributed by atoms with Gasteiger partial charge in [0.25, 0.3) is 0 Å². The first kappa shape index (κ1) is 13.5. The van der Waals surface area contributed by atoms with E-state index in [0.717, 1.165) is 16.7 Å². The van der Waals surface area contributed by atoms with E-state index in [1.807, 2.05) is 0 Å². The van der Waals surface area contributed by atoms with Crippen molar-refractivity contribution < 1.29 is 0 Å². The molecular formula is C10H24ClNSi. The molecule has 0 aromatic carbocycles. The Balaban J connectivity index is 4.96. The predicted molar refractivity (Wildman–Crippen MR) is 65.7 cm³/mol. The Hall–Kier alpha value is 0.467. The third-order valence-electron chi connectivity index (χ3n) is 2.97. The van der Waals surface area contributed by atoms with Crippen LogP contribution in [0.15, 0.2) is 0 Å². The highest BCUT2D eigenvalue weighted by molar-refractivity contribution is 6.31. The maximum Gasteiger partial charge on any atom is 0.0999 e. The fraction of sp³-hybridized carbons (Fsp3) is 1.00. The molecule has 0 aromatic heterocycles. The van der Waals surface area contributed by atoms with Crippen molar-refractivity contribution in [3.8, 4) is 0 Å². The molecule has 0 saturated heterocycles. The van der Waals surface area contributed by atoms with Crippen LogP contribution in [0, 0.1) is 5.92 Å². The number of hydrogen-bond donors (Lipinski definition) is 0. The van der Waals surface area contributed by atoms with Crippen LogP contribution >= 0.6 is 11.6 Å². The Morgan fingerprint density at radius 2 is 1.77 bits per heavy atom. The van der Waals surface area contributed by atoms with Crippen molar-refractivity contribution in [3.05, 3.63) is 0 Å². The molecule has 0 bridgehead atoms. The summed E-state index contributed by atoms with van der Waals surface area (Å²) in [4.78, 5) is 1.99. The van der Waals surface area contributed by atoms with Gasteiger partial charge in [-0.2, -0.15) is 0 Å². The molecule has 2 unspecified atom stereocenters. The fourth-order valence-electron chi connectivity index (χ4n) is 2.12. The lowest BCUT2D eigenvalue weighted by molar-refractivity contribution is 0.129. The van der Waals surface area contributed by atoms with Crippen molar-refractivity contribution in [2.45, 2.75) is 44.2 Å². The zero-order chi connectivity index (χ0) is 10.9. The smallest absolute Gasteiger partial charge is 0.0999 e. The summed E-state index contributed by atoms with van der Waals surface area (Å²) in [7, 11) is 5.28. The van der Waals surface area contributed by atoms with Crippen LogP contribution in [0.3, 0.4) is 0 Å². The summed E-state index contributed by atoms with van der Waals surface area (Å²) in [6, 6.07) is 0. The van der Waals surface area contributed by atoms with Gasteiger partial charge in [0.1, 0.15) is 0 Å². The minimum atomic E-state index is -0.187. The van der Waals surface area contributed by atoms with E-state index in [9.17, 15) is 0 Å². The summed E-state index contributed by atoms with van der Waals surface area (Å²) in [5.41, 5.74) is 0. The highest BCUT2D eigenvalue weighted by Gasteiger charge is 2.45. The number of hydrogen-bond acceptors (Lipinski definition) is 1. The van der Waals surface area contributed by atoms with Crippen molar-refractivity contribution in [1.82, 2.24) is 4.90 Å². The quantitative estimate of drug-likeness (QED) is 0.399. The first-order valence-electron chi connectivity index (χ1n) is 5.04. The van der Waals surface area contributed by atoms with Gasteiger partial charge in [0, 0.05) is 10.2 Å². The standard InChI is InChI=1S/C10H24ClNSi/c1-7-8(2)10(11,12(5)6)9(3,4)13/h8H,7H2,1-6,13H3. The van der Waals surface area contributed by atoms with E-state index in [2.05, 4.69) is 46.7 Å². The van der Waals surface area contributed by atoms with Crippen LogP contribution in [0.2, 0.25) is 5.04 Å². The second kappa shape index (κ2) is 4.33. The first-order chi connectivity index (χ1) is 5.67. The van der Waals surface area contributed by atoms with Gasteiger partial charge < -0.3 is 0 Å². The number of halogens is 1. The van der Waals surface area contributed by atoms with Gasteiger partial charge in [-0.15, -0.1) is 11.6 Å². The van der Waals surface area contributed by atoms with E-state index in [0.29, 0.717) is 5.92 Å². The molecule has 80 valence electrons. The van der Waals surface area contributed by atoms with E-state index in [4.69, 9.17) is 11.6 Å². The van der Waals surface area contributed by atoms with E-state index < -0.39 is 0 Å². The predicted octanol–water partition coefficient (Wildman–Crippen LogP) is 2.09. The largest absolute Gasteiger partial charge is 0.291 e. The molecule has 13 heavy (non-hydrogen) atoms. The lowest BCUT2D eigenvalue weighted by atomic mass is 9.87. The monoisotopic (exact) mass is 221 g/mol. The van der Waals surface area contributed by atoms with Gasteiger partial charge in [-0.05, 0) is 25.1 Å². The summed E-state index contributed by atoms with van der Waals surface area (Å²) < 4.78 is 0. The molecule has 3 heteroatoms. The Kier molecular flexibility index (Phi) is 4.48. The molecule has 0 aromatic rings. The van der Waals surface area contributed by atoms with Crippen LogP contribution in [0.25, 0.3) is 0 Å². The Morgan fingerprint density at radius 3 is 1.85 bits per heavy atom. The highest BCUT2D eigenvalue weighted by Crippen LogP contribution is 2.48. The zero-order valence-electron chi connectivity index (χ0n) is 10.1. The maximum atomic E-state index is 6.76. The molecule has 1 nitrogen and oxygen atoms in total. The summed E-state index contributed by atoms with van der Waals surface area (Å²) in [5, 5.41) is 0.230. The van der Waals surface area contributed by atoms with E-state index in [1.165, 1.54) is 0 Å². The molecule has 0 heterocycles. The van der Waals surface area contributed by atoms with Gasteiger partial charge in [0.2, 0.25) is 0 Å². The van der Waals surface area contributed by atoms with Gasteiger partial charge in [-0.25, -0.2) is 0 Å². The minimum absolute atomic E-state index is 0.187. The number of rotatable bonds is 4. The van der Waals surface area contributed by atoms with E-state index in [-0.39, 0.29) is 10.0 Å². The topological polar surface area (TPSA) is 3.24 Å². The molecule has 0 fully saturated rings. The first-order valence-corrected chi connectivity index (χ1v) is 6.42. The van der Waals surface area contributed by atoms with Gasteiger partial charge >= 0.3 is 0 Å². The average molecular weight is 222 g/mol. The van der Waals surface area contributed by atoms with Gasteiger partial charge in [-0.1, -0.05) is 34.1 Å². The molecule has 0 aliphatic carbocycles. The van der Waals surface area contributed by atoms with Gasteiger partial charge in [-0.3, -0.25) is 4.90 Å². The molecule has 0 aliphatic heterocycles. The number of nitrogens with zero attached hydrogens (tertiary/aromatic N) is 1. The SMILES string of the molecule is CCC(C)C(Cl)(N(C)C)C(C)(C)[SiH3]. The van der Waals surface area contributed by atoms with Crippen molar-refractivity contribution >= 4 is 21.8 Å². The van der Waals surface area contributed by atoms with Crippen molar-refractivity contribution in [1.29, 1.82) is 0 Å². The molecular weight excluding hydrogens is 198 g/mol. The minimum Gasteiger partial charge on any atom is -0.291 e. The zero-order valence-corrected chi connectivity index (χ0v) is 12.9. The molecule has 0 saturated carbocycles. The molecule has 0 radical (unpaired) electrons. The Morgan fingerprint density at radius 1 is 1.38 bits per heavy atom. The molecule has 2 atom stereocenters. The van der Waals surface area contributed by atoms with Crippen LogP contribution in [-0.2, 0) is 0 Å². The van der Waals surface area contributed by atoms with Crippen molar-refractivity contribution in [2.24, 2.45) is 5.92 Å². The molecule has 0 N–H and O–H groups in total. The Bertz CT molecular complexity index is 165. The second-order valence-electron chi connectivity index (χ2n) is 5.13. The summed E-state index contributed by atoms with van der Waals surface area (Å²) in [5.74, 6) is 0.525. The molecule has 0 amide bonds. The summed E-state index contributed by atoms with van der Waals surface area (Å²) in [6.45, 7) is 8.97. The average Bonchev–Trinajstić information content (AvgIpc) is 1.98. The molecule has 0 aliphatic rings. The molecule has 0 rings (SSSR count). The normalized spacial score (nSPS) is 20.3. The van der Waals surface area contributed by atoms with Crippen LogP contribution in [0.5, 0.6) is 0 Å². The highest BCUT2D eigenvalue weighted by atomic mass is 35.5.